The molecule has 6 nitrogen and oxygen atoms in total. The zero-order valence-electron chi connectivity index (χ0n) is 16.2. The number of pyridine rings is 1. The van der Waals surface area contributed by atoms with E-state index in [1.54, 1.807) is 18.2 Å². The van der Waals surface area contributed by atoms with Crippen LogP contribution in [0.2, 0.25) is 10.0 Å². The quantitative estimate of drug-likeness (QED) is 0.365. The van der Waals surface area contributed by atoms with Crippen molar-refractivity contribution in [3.05, 3.63) is 64.5 Å². The average molecular weight is 501 g/mol. The summed E-state index contributed by atoms with van der Waals surface area (Å²) in [5.74, 6) is -0.209. The maximum absolute atomic E-state index is 13.0. The van der Waals surface area contributed by atoms with Crippen molar-refractivity contribution in [2.45, 2.75) is 18.0 Å². The molecule has 1 aromatic carbocycles. The molecule has 0 N–H and O–H groups in total. The largest absolute Gasteiger partial charge is 0.435 e. The minimum atomic E-state index is -4.63. The van der Waals surface area contributed by atoms with Gasteiger partial charge in [0.1, 0.15) is 5.69 Å². The van der Waals surface area contributed by atoms with Gasteiger partial charge in [-0.1, -0.05) is 36.2 Å². The Labute approximate surface area is 190 Å². The molecule has 166 valence electrons. The number of aromatic nitrogens is 4. The van der Waals surface area contributed by atoms with Crippen molar-refractivity contribution in [3.63, 3.8) is 0 Å². The number of halogens is 5. The van der Waals surface area contributed by atoms with Crippen LogP contribution in [0.4, 0.5) is 13.2 Å². The second-order valence-corrected chi connectivity index (χ2v) is 9.81. The summed E-state index contributed by atoms with van der Waals surface area (Å²) >= 11 is 12.0. The molecule has 0 saturated carbocycles. The van der Waals surface area contributed by atoms with E-state index in [2.05, 4.69) is 15.1 Å². The first-order chi connectivity index (χ1) is 15.0. The summed E-state index contributed by atoms with van der Waals surface area (Å²) in [4.78, 5) is 8.33. The molecule has 0 saturated heterocycles. The highest BCUT2D eigenvalue weighted by molar-refractivity contribution is 7.91. The number of rotatable bonds is 4. The first kappa shape index (κ1) is 22.5. The van der Waals surface area contributed by atoms with Crippen LogP contribution in [0.25, 0.3) is 28.2 Å². The van der Waals surface area contributed by atoms with Crippen molar-refractivity contribution in [1.82, 2.24) is 19.6 Å². The Balaban J connectivity index is 1.89. The Morgan fingerprint density at radius 2 is 1.78 bits per heavy atom. The molecule has 0 bridgehead atoms. The first-order valence-electron chi connectivity index (χ1n) is 9.12. The molecule has 12 heteroatoms. The number of sulfone groups is 1. The van der Waals surface area contributed by atoms with Crippen molar-refractivity contribution in [2.75, 3.05) is 5.75 Å². The molecule has 0 aliphatic carbocycles. The Morgan fingerprint density at radius 1 is 1.03 bits per heavy atom. The summed E-state index contributed by atoms with van der Waals surface area (Å²) in [7, 11) is -3.76. The zero-order valence-corrected chi connectivity index (χ0v) is 18.6. The number of hydrogen-bond donors (Lipinski definition) is 0. The molecular weight excluding hydrogens is 488 g/mol. The van der Waals surface area contributed by atoms with Crippen LogP contribution in [0.3, 0.4) is 0 Å². The Hall–Kier alpha value is -2.69. The van der Waals surface area contributed by atoms with E-state index in [9.17, 15) is 21.6 Å². The highest BCUT2D eigenvalue weighted by atomic mass is 35.5. The van der Waals surface area contributed by atoms with Crippen LogP contribution in [0.15, 0.2) is 53.7 Å². The number of fused-ring (bicyclic) bond motifs is 1. The van der Waals surface area contributed by atoms with Crippen LogP contribution in [0.5, 0.6) is 0 Å². The van der Waals surface area contributed by atoms with Gasteiger partial charge in [0.05, 0.1) is 26.4 Å². The highest BCUT2D eigenvalue weighted by Gasteiger charge is 2.34. The van der Waals surface area contributed by atoms with Gasteiger partial charge in [-0.25, -0.2) is 17.9 Å². The van der Waals surface area contributed by atoms with Crippen LogP contribution < -0.4 is 0 Å². The molecule has 0 aliphatic heterocycles. The third-order valence-corrected chi connectivity index (χ3v) is 7.16. The molecule has 4 aromatic rings. The lowest BCUT2D eigenvalue weighted by molar-refractivity contribution is -0.141. The van der Waals surface area contributed by atoms with Gasteiger partial charge in [-0.2, -0.15) is 18.3 Å². The lowest BCUT2D eigenvalue weighted by atomic mass is 10.1. The van der Waals surface area contributed by atoms with E-state index in [0.29, 0.717) is 21.2 Å². The fraction of sp³-hybridized carbons (Fsp3) is 0.150. The number of benzene rings is 1. The minimum absolute atomic E-state index is 0.0212. The van der Waals surface area contributed by atoms with Gasteiger partial charge in [-0.05, 0) is 29.8 Å². The number of alkyl halides is 3. The number of nitrogens with zero attached hydrogens (tertiary/aromatic N) is 4. The molecule has 0 aliphatic rings. The SMILES string of the molecule is CCS(=O)(=O)c1cc(-c2ccc(Cl)c(Cl)c2)cnc1-c1ccn2nc(C(F)(F)F)cc2n1. The molecule has 32 heavy (non-hydrogen) atoms. The molecule has 3 heterocycles. The Kier molecular flexibility index (Phi) is 5.64. The lowest BCUT2D eigenvalue weighted by Gasteiger charge is -2.11. The van der Waals surface area contributed by atoms with Crippen LogP contribution in [0, 0.1) is 0 Å². The zero-order chi connectivity index (χ0) is 23.3. The van der Waals surface area contributed by atoms with Gasteiger partial charge in [0.2, 0.25) is 0 Å². The third-order valence-electron chi connectivity index (χ3n) is 4.68. The van der Waals surface area contributed by atoms with Gasteiger partial charge in [-0.3, -0.25) is 4.98 Å². The summed E-state index contributed by atoms with van der Waals surface area (Å²) in [6.45, 7) is 1.48. The summed E-state index contributed by atoms with van der Waals surface area (Å²) in [5, 5.41) is 4.08. The molecule has 0 fully saturated rings. The van der Waals surface area contributed by atoms with Gasteiger partial charge in [0.15, 0.2) is 21.2 Å². The summed E-state index contributed by atoms with van der Waals surface area (Å²) < 4.78 is 65.5. The summed E-state index contributed by atoms with van der Waals surface area (Å²) in [6.07, 6.45) is -1.93. The van der Waals surface area contributed by atoms with E-state index in [1.807, 2.05) is 0 Å². The van der Waals surface area contributed by atoms with Crippen molar-refractivity contribution in [1.29, 1.82) is 0 Å². The van der Waals surface area contributed by atoms with Gasteiger partial charge >= 0.3 is 6.18 Å². The van der Waals surface area contributed by atoms with Crippen LogP contribution in [0.1, 0.15) is 12.6 Å². The van der Waals surface area contributed by atoms with Crippen LogP contribution in [-0.2, 0) is 16.0 Å². The lowest BCUT2D eigenvalue weighted by Crippen LogP contribution is -2.08. The Bertz CT molecular complexity index is 1450. The molecule has 4 rings (SSSR count). The van der Waals surface area contributed by atoms with Crippen molar-refractivity contribution in [3.8, 4) is 22.5 Å². The average Bonchev–Trinajstić information content (AvgIpc) is 3.19. The van der Waals surface area contributed by atoms with Crippen LogP contribution in [-0.4, -0.2) is 33.8 Å². The topological polar surface area (TPSA) is 77.2 Å². The van der Waals surface area contributed by atoms with Crippen molar-refractivity contribution in [2.24, 2.45) is 0 Å². The van der Waals surface area contributed by atoms with E-state index in [1.165, 1.54) is 31.5 Å². The monoisotopic (exact) mass is 500 g/mol. The standard InChI is InChI=1S/C20H13Cl2F3N4O2S/c1-2-32(30,31)16-8-12(11-3-4-13(21)14(22)7-11)10-26-19(16)15-5-6-29-18(27-15)9-17(28-29)20(23,24)25/h3-10H,2H2,1H3. The van der Waals surface area contributed by atoms with E-state index in [4.69, 9.17) is 23.2 Å². The van der Waals surface area contributed by atoms with E-state index in [0.717, 1.165) is 10.6 Å². The highest BCUT2D eigenvalue weighted by Crippen LogP contribution is 2.33. The predicted molar refractivity (Wildman–Crippen MR) is 114 cm³/mol. The Morgan fingerprint density at radius 3 is 2.44 bits per heavy atom. The molecule has 0 amide bonds. The normalized spacial score (nSPS) is 12.4. The van der Waals surface area contributed by atoms with Gasteiger partial charge in [0.25, 0.3) is 0 Å². The molecule has 0 atom stereocenters. The van der Waals surface area contributed by atoms with E-state index in [-0.39, 0.29) is 27.7 Å². The summed E-state index contributed by atoms with van der Waals surface area (Å²) in [6, 6.07) is 8.40. The fourth-order valence-corrected chi connectivity index (χ4v) is 4.38. The minimum Gasteiger partial charge on any atom is -0.253 e. The maximum atomic E-state index is 13.0. The van der Waals surface area contributed by atoms with Crippen LogP contribution >= 0.6 is 23.2 Å². The molecule has 0 unspecified atom stereocenters. The summed E-state index contributed by atoms with van der Waals surface area (Å²) in [5.41, 5.74) is -0.00702. The van der Waals surface area contributed by atoms with E-state index < -0.39 is 21.7 Å². The second kappa shape index (κ2) is 8.02. The number of hydrogen-bond acceptors (Lipinski definition) is 5. The van der Waals surface area contributed by atoms with Crippen molar-refractivity contribution < 1.29 is 21.6 Å². The second-order valence-electron chi connectivity index (χ2n) is 6.75. The predicted octanol–water partition coefficient (Wildman–Crippen LogP) is 5.58. The van der Waals surface area contributed by atoms with Gasteiger partial charge in [-0.15, -0.1) is 0 Å². The molecule has 0 spiro atoms. The fourth-order valence-electron chi connectivity index (χ4n) is 3.01. The van der Waals surface area contributed by atoms with Gasteiger partial charge < -0.3 is 0 Å². The van der Waals surface area contributed by atoms with E-state index >= 15 is 0 Å². The molecular formula is C20H13Cl2F3N4O2S. The van der Waals surface area contributed by atoms with Gasteiger partial charge in [0, 0.05) is 24.0 Å². The molecule has 0 radical (unpaired) electrons. The third kappa shape index (κ3) is 4.17. The maximum Gasteiger partial charge on any atom is 0.435 e. The smallest absolute Gasteiger partial charge is 0.253 e. The van der Waals surface area contributed by atoms with Crippen molar-refractivity contribution >= 4 is 38.7 Å². The molecule has 3 aromatic heterocycles. The first-order valence-corrected chi connectivity index (χ1v) is 11.5.